The van der Waals surface area contributed by atoms with Gasteiger partial charge in [-0.1, -0.05) is 24.3 Å². The number of carbonyl (C=O) groups excluding carboxylic acids is 1. The lowest BCUT2D eigenvalue weighted by Crippen LogP contribution is -2.23. The number of carbonyl (C=O) groups is 1. The van der Waals surface area contributed by atoms with Gasteiger partial charge >= 0.3 is 0 Å². The summed E-state index contributed by atoms with van der Waals surface area (Å²) < 4.78 is 1.66. The molecule has 0 fully saturated rings. The predicted octanol–water partition coefficient (Wildman–Crippen LogP) is 4.48. The van der Waals surface area contributed by atoms with Crippen LogP contribution in [0.5, 0.6) is 0 Å². The molecule has 0 aliphatic heterocycles. The first-order valence-corrected chi connectivity index (χ1v) is 10.9. The molecule has 34 heavy (non-hydrogen) atoms. The molecule has 0 aliphatic carbocycles. The molecule has 8 nitrogen and oxygen atoms in total. The number of hydrogen-bond donors (Lipinski definition) is 2. The van der Waals surface area contributed by atoms with Crippen LogP contribution in [0.15, 0.2) is 79.1 Å². The molecule has 0 aliphatic rings. The number of fused-ring (bicyclic) bond motifs is 1. The van der Waals surface area contributed by atoms with Gasteiger partial charge in [-0.2, -0.15) is 9.50 Å². The number of pyridine rings is 1. The van der Waals surface area contributed by atoms with E-state index in [1.54, 1.807) is 29.0 Å². The number of rotatable bonds is 6. The number of nitrogens with one attached hydrogen (secondary N) is 2. The molecule has 0 radical (unpaired) electrons. The minimum absolute atomic E-state index is 0.116. The van der Waals surface area contributed by atoms with Crippen molar-refractivity contribution in [3.63, 3.8) is 0 Å². The molecule has 5 rings (SSSR count). The first-order valence-electron chi connectivity index (χ1n) is 10.9. The van der Waals surface area contributed by atoms with Gasteiger partial charge in [-0.25, -0.2) is 4.98 Å². The van der Waals surface area contributed by atoms with Crippen LogP contribution in [0.25, 0.3) is 17.2 Å². The predicted molar refractivity (Wildman–Crippen MR) is 131 cm³/mol. The Hall–Kier alpha value is -4.59. The van der Waals surface area contributed by atoms with Crippen molar-refractivity contribution in [3.8, 4) is 11.4 Å². The van der Waals surface area contributed by atoms with Crippen molar-refractivity contribution in [2.45, 2.75) is 20.4 Å². The quantitative estimate of drug-likeness (QED) is 0.397. The van der Waals surface area contributed by atoms with Gasteiger partial charge in [0.15, 0.2) is 5.82 Å². The fourth-order valence-electron chi connectivity index (χ4n) is 3.63. The lowest BCUT2D eigenvalue weighted by molar-refractivity contribution is 0.0951. The molecule has 0 atom stereocenters. The molecule has 0 spiro atoms. The second-order valence-corrected chi connectivity index (χ2v) is 7.98. The van der Waals surface area contributed by atoms with Crippen LogP contribution in [0.1, 0.15) is 27.2 Å². The van der Waals surface area contributed by atoms with Gasteiger partial charge in [0.1, 0.15) is 5.82 Å². The fraction of sp³-hybridized carbons (Fsp3) is 0.115. The Kier molecular flexibility index (Phi) is 5.70. The average molecular weight is 450 g/mol. The highest BCUT2D eigenvalue weighted by Crippen LogP contribution is 2.21. The first-order chi connectivity index (χ1) is 16.6. The SMILES string of the molecule is Cc1cc(Nc2ccc(C(=O)NCc3ccccc3C)cc2)n2nc(-c3cccnc3)nc2n1. The van der Waals surface area contributed by atoms with Gasteiger partial charge in [0.2, 0.25) is 0 Å². The van der Waals surface area contributed by atoms with E-state index >= 15 is 0 Å². The summed E-state index contributed by atoms with van der Waals surface area (Å²) in [4.78, 5) is 25.8. The minimum Gasteiger partial charge on any atom is -0.348 e. The van der Waals surface area contributed by atoms with Gasteiger partial charge in [0.05, 0.1) is 0 Å². The highest BCUT2D eigenvalue weighted by atomic mass is 16.1. The third-order valence-corrected chi connectivity index (χ3v) is 5.48. The molecule has 0 unspecified atom stereocenters. The zero-order chi connectivity index (χ0) is 23.5. The van der Waals surface area contributed by atoms with Crippen LogP contribution in [0, 0.1) is 13.8 Å². The molecule has 5 aromatic rings. The van der Waals surface area contributed by atoms with Crippen LogP contribution in [-0.4, -0.2) is 30.5 Å². The van der Waals surface area contributed by atoms with E-state index in [0.29, 0.717) is 23.7 Å². The van der Waals surface area contributed by atoms with Crippen molar-refractivity contribution in [2.24, 2.45) is 0 Å². The second kappa shape index (κ2) is 9.11. The summed E-state index contributed by atoms with van der Waals surface area (Å²) in [5, 5.41) is 10.9. The van der Waals surface area contributed by atoms with Crippen molar-refractivity contribution in [3.05, 3.63) is 102 Å². The second-order valence-electron chi connectivity index (χ2n) is 7.98. The van der Waals surface area contributed by atoms with E-state index in [-0.39, 0.29) is 5.91 Å². The first kappa shape index (κ1) is 21.3. The Morgan fingerprint density at radius 1 is 0.971 bits per heavy atom. The summed E-state index contributed by atoms with van der Waals surface area (Å²) in [5.41, 5.74) is 5.30. The van der Waals surface area contributed by atoms with Gasteiger partial charge in [-0.05, 0) is 61.4 Å². The van der Waals surface area contributed by atoms with Gasteiger partial charge in [-0.15, -0.1) is 5.10 Å². The molecule has 0 bridgehead atoms. The normalized spacial score (nSPS) is 10.9. The molecule has 1 amide bonds. The maximum Gasteiger partial charge on any atom is 0.254 e. The van der Waals surface area contributed by atoms with Crippen molar-refractivity contribution >= 4 is 23.2 Å². The monoisotopic (exact) mass is 449 g/mol. The number of amides is 1. The third kappa shape index (κ3) is 4.47. The topological polar surface area (TPSA) is 97.1 Å². The number of anilines is 2. The average Bonchev–Trinajstić information content (AvgIpc) is 3.29. The molecule has 2 N–H and O–H groups in total. The molecule has 3 aromatic heterocycles. The smallest absolute Gasteiger partial charge is 0.254 e. The van der Waals surface area contributed by atoms with Gasteiger partial charge in [-0.3, -0.25) is 9.78 Å². The van der Waals surface area contributed by atoms with Crippen LogP contribution in [0.3, 0.4) is 0 Å². The van der Waals surface area contributed by atoms with E-state index in [0.717, 1.165) is 33.9 Å². The van der Waals surface area contributed by atoms with Gasteiger partial charge in [0, 0.05) is 47.5 Å². The summed E-state index contributed by atoms with van der Waals surface area (Å²) in [5.74, 6) is 1.65. The van der Waals surface area contributed by atoms with E-state index in [4.69, 9.17) is 0 Å². The lowest BCUT2D eigenvalue weighted by Gasteiger charge is -2.10. The fourth-order valence-corrected chi connectivity index (χ4v) is 3.63. The van der Waals surface area contributed by atoms with Crippen LogP contribution in [0.2, 0.25) is 0 Å². The number of nitrogens with zero attached hydrogens (tertiary/aromatic N) is 5. The van der Waals surface area contributed by atoms with Crippen LogP contribution in [-0.2, 0) is 6.54 Å². The Morgan fingerprint density at radius 3 is 2.56 bits per heavy atom. The van der Waals surface area contributed by atoms with E-state index in [1.165, 1.54) is 0 Å². The Balaban J connectivity index is 1.33. The highest BCUT2D eigenvalue weighted by Gasteiger charge is 2.12. The van der Waals surface area contributed by atoms with E-state index in [2.05, 4.69) is 30.7 Å². The number of aromatic nitrogens is 5. The van der Waals surface area contributed by atoms with E-state index in [1.807, 2.05) is 68.4 Å². The number of aryl methyl sites for hydroxylation is 2. The summed E-state index contributed by atoms with van der Waals surface area (Å²) in [6.45, 7) is 4.44. The molecular formula is C26H23N7O. The molecule has 0 saturated heterocycles. The number of hydrogen-bond acceptors (Lipinski definition) is 6. The number of benzene rings is 2. The Morgan fingerprint density at radius 2 is 1.79 bits per heavy atom. The Labute approximate surface area is 196 Å². The van der Waals surface area contributed by atoms with Crippen molar-refractivity contribution in [2.75, 3.05) is 5.32 Å². The van der Waals surface area contributed by atoms with Gasteiger partial charge in [0.25, 0.3) is 11.7 Å². The van der Waals surface area contributed by atoms with Crippen LogP contribution < -0.4 is 10.6 Å². The van der Waals surface area contributed by atoms with Crippen molar-refractivity contribution in [1.82, 2.24) is 29.9 Å². The molecule has 8 heteroatoms. The Bertz CT molecular complexity index is 1460. The summed E-state index contributed by atoms with van der Waals surface area (Å²) in [6, 6.07) is 21.0. The highest BCUT2D eigenvalue weighted by molar-refractivity contribution is 5.94. The largest absolute Gasteiger partial charge is 0.348 e. The van der Waals surface area contributed by atoms with E-state index in [9.17, 15) is 4.79 Å². The molecular weight excluding hydrogens is 426 g/mol. The van der Waals surface area contributed by atoms with E-state index < -0.39 is 0 Å². The van der Waals surface area contributed by atoms with Crippen LogP contribution in [0.4, 0.5) is 11.5 Å². The standard InChI is InChI=1S/C26H23N7O/c1-17-6-3-4-7-20(17)16-28-25(34)19-9-11-22(12-10-19)30-23-14-18(2)29-26-31-24(32-33(23)26)21-8-5-13-27-15-21/h3-15,30H,16H2,1-2H3,(H,28,34). The maximum atomic E-state index is 12.6. The zero-order valence-corrected chi connectivity index (χ0v) is 18.9. The molecule has 2 aromatic carbocycles. The molecule has 3 heterocycles. The summed E-state index contributed by atoms with van der Waals surface area (Å²) in [6.07, 6.45) is 3.43. The van der Waals surface area contributed by atoms with Gasteiger partial charge < -0.3 is 10.6 Å². The zero-order valence-electron chi connectivity index (χ0n) is 18.9. The minimum atomic E-state index is -0.116. The summed E-state index contributed by atoms with van der Waals surface area (Å²) >= 11 is 0. The van der Waals surface area contributed by atoms with Crippen molar-refractivity contribution in [1.29, 1.82) is 0 Å². The maximum absolute atomic E-state index is 12.6. The molecule has 168 valence electrons. The molecule has 0 saturated carbocycles. The lowest BCUT2D eigenvalue weighted by atomic mass is 10.1. The summed E-state index contributed by atoms with van der Waals surface area (Å²) in [7, 11) is 0. The third-order valence-electron chi connectivity index (χ3n) is 5.48. The van der Waals surface area contributed by atoms with Crippen LogP contribution >= 0.6 is 0 Å². The van der Waals surface area contributed by atoms with Crippen molar-refractivity contribution < 1.29 is 4.79 Å².